The van der Waals surface area contributed by atoms with Gasteiger partial charge in [0.05, 0.1) is 6.61 Å². The van der Waals surface area contributed by atoms with Crippen molar-refractivity contribution in [3.05, 3.63) is 53.6 Å². The van der Waals surface area contributed by atoms with Gasteiger partial charge in [-0.15, -0.1) is 0 Å². The van der Waals surface area contributed by atoms with Crippen LogP contribution in [0.25, 0.3) is 0 Å². The lowest BCUT2D eigenvalue weighted by Gasteiger charge is -2.14. The van der Waals surface area contributed by atoms with Crippen molar-refractivity contribution < 1.29 is 13.1 Å². The second-order valence-corrected chi connectivity index (χ2v) is 8.63. The number of hydrogen-bond donors (Lipinski definition) is 1. The van der Waals surface area contributed by atoms with Gasteiger partial charge in [-0.1, -0.05) is 70.6 Å². The normalized spacial score (nSPS) is 11.8. The molecule has 0 fully saturated rings. The lowest BCUT2D eigenvalue weighted by Crippen LogP contribution is -2.12. The van der Waals surface area contributed by atoms with Crippen molar-refractivity contribution in [1.82, 2.24) is 0 Å². The molecule has 0 aliphatic rings. The predicted molar refractivity (Wildman–Crippen MR) is 127 cm³/mol. The number of ether oxygens (including phenoxy) is 1. The summed E-state index contributed by atoms with van der Waals surface area (Å²) >= 11 is -1.70. The van der Waals surface area contributed by atoms with Crippen LogP contribution < -0.4 is 13.6 Å². The fourth-order valence-electron chi connectivity index (χ4n) is 3.24. The highest BCUT2D eigenvalue weighted by Gasteiger charge is 2.12. The third-order valence-electron chi connectivity index (χ3n) is 4.97. The monoisotopic (exact) mass is 431 g/mol. The summed E-state index contributed by atoms with van der Waals surface area (Å²) in [4.78, 5) is 0. The van der Waals surface area contributed by atoms with Crippen molar-refractivity contribution in [1.29, 1.82) is 0 Å². The van der Waals surface area contributed by atoms with E-state index in [0.29, 0.717) is 18.1 Å². The van der Waals surface area contributed by atoms with Crippen LogP contribution in [-0.4, -0.2) is 10.8 Å². The first-order valence-corrected chi connectivity index (χ1v) is 12.4. The van der Waals surface area contributed by atoms with Gasteiger partial charge < -0.3 is 8.92 Å². The van der Waals surface area contributed by atoms with Gasteiger partial charge in [0.15, 0.2) is 11.5 Å². The van der Waals surface area contributed by atoms with Crippen molar-refractivity contribution in [3.8, 4) is 11.5 Å². The maximum Gasteiger partial charge on any atom is 0.316 e. The van der Waals surface area contributed by atoms with E-state index in [0.717, 1.165) is 36.9 Å². The molecule has 0 bridgehead atoms. The van der Waals surface area contributed by atoms with Gasteiger partial charge in [0.2, 0.25) is 0 Å². The molecule has 1 atom stereocenters. The first-order chi connectivity index (χ1) is 14.6. The molecular weight excluding hydrogens is 394 g/mol. The Bertz CT molecular complexity index is 779. The lowest BCUT2D eigenvalue weighted by atomic mass is 10.0. The number of rotatable bonds is 15. The standard InChI is InChI=1S/C25H37NO3S/c1-4-6-8-9-10-11-14-22-16-17-24(28-18-7-5-2)25(20-22)29-30(27)26-23-15-12-13-21(3)19-23/h12-13,15-17,19-20,26H,4-11,14,18H2,1-3H3. The molecule has 0 radical (unpaired) electrons. The van der Waals surface area contributed by atoms with Gasteiger partial charge in [0, 0.05) is 5.69 Å². The molecule has 1 N–H and O–H groups in total. The molecule has 2 aromatic rings. The highest BCUT2D eigenvalue weighted by molar-refractivity contribution is 7.82. The highest BCUT2D eigenvalue weighted by atomic mass is 32.2. The van der Waals surface area contributed by atoms with Crippen molar-refractivity contribution in [2.24, 2.45) is 0 Å². The van der Waals surface area contributed by atoms with Crippen LogP contribution in [0.1, 0.15) is 76.3 Å². The minimum absolute atomic E-state index is 0.535. The first kappa shape index (κ1) is 24.3. The Labute approximate surface area is 185 Å². The largest absolute Gasteiger partial charge is 0.490 e. The zero-order valence-electron chi connectivity index (χ0n) is 18.7. The summed E-state index contributed by atoms with van der Waals surface area (Å²) in [5.41, 5.74) is 3.06. The molecule has 0 spiro atoms. The maximum atomic E-state index is 12.6. The minimum atomic E-state index is -1.70. The Hall–Kier alpha value is -2.01. The van der Waals surface area contributed by atoms with Crippen molar-refractivity contribution in [3.63, 3.8) is 0 Å². The van der Waals surface area contributed by atoms with Gasteiger partial charge in [0.25, 0.3) is 0 Å². The van der Waals surface area contributed by atoms with Crippen molar-refractivity contribution >= 4 is 17.0 Å². The molecule has 0 saturated carbocycles. The van der Waals surface area contributed by atoms with Crippen LogP contribution in [0.4, 0.5) is 5.69 Å². The Morgan fingerprint density at radius 2 is 1.63 bits per heavy atom. The van der Waals surface area contributed by atoms with E-state index in [1.807, 2.05) is 43.3 Å². The van der Waals surface area contributed by atoms with Crippen LogP contribution >= 0.6 is 0 Å². The molecule has 2 aromatic carbocycles. The van der Waals surface area contributed by atoms with Gasteiger partial charge in [-0.3, -0.25) is 4.72 Å². The van der Waals surface area contributed by atoms with Crippen LogP contribution in [-0.2, 0) is 17.7 Å². The number of anilines is 1. The number of nitrogens with one attached hydrogen (secondary N) is 1. The fourth-order valence-corrected chi connectivity index (χ4v) is 3.89. The number of hydrogen-bond acceptors (Lipinski definition) is 3. The average Bonchev–Trinajstić information content (AvgIpc) is 2.72. The third-order valence-corrected chi connectivity index (χ3v) is 5.70. The summed E-state index contributed by atoms with van der Waals surface area (Å²) in [5.74, 6) is 1.18. The SMILES string of the molecule is CCCCCCCCc1ccc(OCCCC)c(OS(=O)Nc2cccc(C)c2)c1. The molecule has 0 aromatic heterocycles. The zero-order chi connectivity index (χ0) is 21.6. The Kier molecular flexibility index (Phi) is 11.4. The zero-order valence-corrected chi connectivity index (χ0v) is 19.6. The second kappa shape index (κ2) is 14.1. The van der Waals surface area contributed by atoms with Crippen molar-refractivity contribution in [2.45, 2.75) is 78.6 Å². The van der Waals surface area contributed by atoms with Gasteiger partial charge in [-0.05, 0) is 61.6 Å². The molecular formula is C25H37NO3S. The average molecular weight is 432 g/mol. The molecule has 0 aliphatic carbocycles. The quantitative estimate of drug-likeness (QED) is 0.305. The van der Waals surface area contributed by atoms with Crippen LogP contribution in [0.3, 0.4) is 0 Å². The van der Waals surface area contributed by atoms with Crippen LogP contribution in [0.15, 0.2) is 42.5 Å². The predicted octanol–water partition coefficient (Wildman–Crippen LogP) is 7.15. The second-order valence-electron chi connectivity index (χ2n) is 7.79. The molecule has 166 valence electrons. The topological polar surface area (TPSA) is 47.6 Å². The molecule has 5 heteroatoms. The van der Waals surface area contributed by atoms with Crippen LogP contribution in [0, 0.1) is 6.92 Å². The van der Waals surface area contributed by atoms with Crippen LogP contribution in [0.2, 0.25) is 0 Å². The van der Waals surface area contributed by atoms with Gasteiger partial charge in [-0.2, -0.15) is 4.21 Å². The summed E-state index contributed by atoms with van der Waals surface area (Å²) < 4.78 is 27.1. The van der Waals surface area contributed by atoms with E-state index in [4.69, 9.17) is 8.92 Å². The summed E-state index contributed by atoms with van der Waals surface area (Å²) in [7, 11) is 0. The summed E-state index contributed by atoms with van der Waals surface area (Å²) in [5, 5.41) is 0. The molecule has 0 saturated heterocycles. The Morgan fingerprint density at radius 3 is 2.40 bits per heavy atom. The molecule has 0 aliphatic heterocycles. The van der Waals surface area contributed by atoms with E-state index < -0.39 is 11.3 Å². The number of aryl methyl sites for hydroxylation is 2. The van der Waals surface area contributed by atoms with E-state index in [9.17, 15) is 4.21 Å². The molecule has 0 amide bonds. The molecule has 30 heavy (non-hydrogen) atoms. The molecule has 2 rings (SSSR count). The fraction of sp³-hybridized carbons (Fsp3) is 0.520. The first-order valence-electron chi connectivity index (χ1n) is 11.3. The molecule has 4 nitrogen and oxygen atoms in total. The van der Waals surface area contributed by atoms with E-state index in [1.54, 1.807) is 0 Å². The minimum Gasteiger partial charge on any atom is -0.490 e. The molecule has 0 heterocycles. The van der Waals surface area contributed by atoms with E-state index >= 15 is 0 Å². The van der Waals surface area contributed by atoms with Gasteiger partial charge in [-0.25, -0.2) is 0 Å². The smallest absolute Gasteiger partial charge is 0.316 e. The van der Waals surface area contributed by atoms with E-state index in [1.165, 1.54) is 37.7 Å². The molecule has 1 unspecified atom stereocenters. The maximum absolute atomic E-state index is 12.6. The Morgan fingerprint density at radius 1 is 0.867 bits per heavy atom. The Balaban J connectivity index is 1.99. The van der Waals surface area contributed by atoms with Gasteiger partial charge in [0.1, 0.15) is 0 Å². The number of benzene rings is 2. The van der Waals surface area contributed by atoms with Crippen LogP contribution in [0.5, 0.6) is 11.5 Å². The third kappa shape index (κ3) is 9.21. The van der Waals surface area contributed by atoms with E-state index in [2.05, 4.69) is 24.6 Å². The summed E-state index contributed by atoms with van der Waals surface area (Å²) in [6, 6.07) is 13.8. The number of unbranched alkanes of at least 4 members (excludes halogenated alkanes) is 6. The van der Waals surface area contributed by atoms with Crippen molar-refractivity contribution in [2.75, 3.05) is 11.3 Å². The van der Waals surface area contributed by atoms with E-state index in [-0.39, 0.29) is 0 Å². The lowest BCUT2D eigenvalue weighted by molar-refractivity contribution is 0.301. The summed E-state index contributed by atoms with van der Waals surface area (Å²) in [6.07, 6.45) is 10.6. The van der Waals surface area contributed by atoms with Gasteiger partial charge >= 0.3 is 11.3 Å². The summed E-state index contributed by atoms with van der Waals surface area (Å²) in [6.45, 7) is 7.00. The highest BCUT2D eigenvalue weighted by Crippen LogP contribution is 2.30.